The van der Waals surface area contributed by atoms with Crippen molar-refractivity contribution in [1.82, 2.24) is 0 Å². The number of carbonyl (C=O) groups is 2. The lowest BCUT2D eigenvalue weighted by Gasteiger charge is -2.25. The lowest BCUT2D eigenvalue weighted by Crippen LogP contribution is -2.35. The molecule has 1 heterocycles. The number of nitrogens with zero attached hydrogens (tertiary/aromatic N) is 1. The van der Waals surface area contributed by atoms with Gasteiger partial charge in [0.1, 0.15) is 17.6 Å². The van der Waals surface area contributed by atoms with Crippen LogP contribution in [0.5, 0.6) is 0 Å². The largest absolute Gasteiger partial charge is 0.457 e. The van der Waals surface area contributed by atoms with Gasteiger partial charge in [-0.15, -0.1) is 0 Å². The summed E-state index contributed by atoms with van der Waals surface area (Å²) in [5, 5.41) is 19.6. The summed E-state index contributed by atoms with van der Waals surface area (Å²) in [5.74, 6) is -0.580. The SMILES string of the molecule is C=C(C)C(=O)OCC(=O)OC1C2OC(O)C3(C#N)CC4C1C4C23. The van der Waals surface area contributed by atoms with Gasteiger partial charge in [-0.05, 0) is 25.2 Å². The Morgan fingerprint density at radius 2 is 2.22 bits per heavy atom. The molecule has 1 aliphatic heterocycles. The predicted octanol–water partition coefficient (Wildman–Crippen LogP) is 0.140. The van der Waals surface area contributed by atoms with E-state index in [9.17, 15) is 20.0 Å². The third-order valence-corrected chi connectivity index (χ3v) is 5.80. The number of hydrogen-bond acceptors (Lipinski definition) is 7. The molecule has 4 fully saturated rings. The van der Waals surface area contributed by atoms with Crippen LogP contribution in [-0.2, 0) is 23.8 Å². The van der Waals surface area contributed by atoms with Crippen molar-refractivity contribution in [1.29, 1.82) is 5.26 Å². The highest BCUT2D eigenvalue weighted by atomic mass is 16.6. The van der Waals surface area contributed by atoms with Crippen molar-refractivity contribution in [3.8, 4) is 6.07 Å². The molecule has 0 amide bonds. The van der Waals surface area contributed by atoms with Crippen LogP contribution in [0.15, 0.2) is 12.2 Å². The lowest BCUT2D eigenvalue weighted by molar-refractivity contribution is -0.181. The normalized spacial score (nSPS) is 47.6. The Balaban J connectivity index is 1.43. The third-order valence-electron chi connectivity index (χ3n) is 5.80. The van der Waals surface area contributed by atoms with Gasteiger partial charge in [0, 0.05) is 17.4 Å². The summed E-state index contributed by atoms with van der Waals surface area (Å²) in [4.78, 5) is 23.2. The first-order valence-electron chi connectivity index (χ1n) is 7.67. The van der Waals surface area contributed by atoms with Gasteiger partial charge < -0.3 is 19.3 Å². The summed E-state index contributed by atoms with van der Waals surface area (Å²) in [6.07, 6.45) is -1.45. The Morgan fingerprint density at radius 1 is 1.48 bits per heavy atom. The molecule has 1 saturated heterocycles. The minimum atomic E-state index is -1.13. The molecular weight excluding hydrogens is 302 g/mol. The number of rotatable bonds is 4. The quantitative estimate of drug-likeness (QED) is 0.580. The van der Waals surface area contributed by atoms with Crippen molar-refractivity contribution in [3.05, 3.63) is 12.2 Å². The van der Waals surface area contributed by atoms with E-state index >= 15 is 0 Å². The van der Waals surface area contributed by atoms with E-state index < -0.39 is 42.5 Å². The fraction of sp³-hybridized carbons (Fsp3) is 0.688. The van der Waals surface area contributed by atoms with Crippen LogP contribution in [0.25, 0.3) is 0 Å². The van der Waals surface area contributed by atoms with E-state index in [2.05, 4.69) is 12.6 Å². The standard InChI is InChI=1S/C16H17NO6/c1-6(2)14(19)21-4-8(18)22-12-10-7-3-16(5-17)11(9(7)10)13(12)23-15(16)20/h7,9-13,15,20H,1,3-4H2,2H3. The predicted molar refractivity (Wildman–Crippen MR) is 73.2 cm³/mol. The van der Waals surface area contributed by atoms with Crippen molar-refractivity contribution in [2.45, 2.75) is 31.8 Å². The molecule has 0 bridgehead atoms. The highest BCUT2D eigenvalue weighted by Gasteiger charge is 2.83. The van der Waals surface area contributed by atoms with Crippen LogP contribution >= 0.6 is 0 Å². The topological polar surface area (TPSA) is 106 Å². The van der Waals surface area contributed by atoms with E-state index in [1.54, 1.807) is 0 Å². The second-order valence-corrected chi connectivity index (χ2v) is 6.96. The van der Waals surface area contributed by atoms with E-state index in [-0.39, 0.29) is 23.3 Å². The van der Waals surface area contributed by atoms with Crippen molar-refractivity contribution < 1.29 is 28.9 Å². The Hall–Kier alpha value is -1.91. The van der Waals surface area contributed by atoms with E-state index in [4.69, 9.17) is 14.2 Å². The number of hydrogen-bond donors (Lipinski definition) is 1. The number of aliphatic hydroxyl groups is 1. The lowest BCUT2D eigenvalue weighted by atomic mass is 9.77. The maximum Gasteiger partial charge on any atom is 0.344 e. The van der Waals surface area contributed by atoms with Crippen molar-refractivity contribution in [2.24, 2.45) is 29.1 Å². The average molecular weight is 319 g/mol. The summed E-state index contributed by atoms with van der Waals surface area (Å²) in [7, 11) is 0. The average Bonchev–Trinajstić information content (AvgIpc) is 2.81. The smallest absolute Gasteiger partial charge is 0.344 e. The summed E-state index contributed by atoms with van der Waals surface area (Å²) in [6, 6.07) is 2.24. The van der Waals surface area contributed by atoms with Gasteiger partial charge in [0.05, 0.1) is 6.07 Å². The molecule has 0 aromatic rings. The highest BCUT2D eigenvalue weighted by molar-refractivity contribution is 5.88. The van der Waals surface area contributed by atoms with Crippen LogP contribution in [0.1, 0.15) is 13.3 Å². The van der Waals surface area contributed by atoms with Gasteiger partial charge in [-0.2, -0.15) is 5.26 Å². The molecule has 0 aromatic carbocycles. The molecule has 0 radical (unpaired) electrons. The van der Waals surface area contributed by atoms with Gasteiger partial charge in [0.15, 0.2) is 12.9 Å². The number of fused-ring (bicyclic) bond motifs is 1. The number of esters is 2. The number of ether oxygens (including phenoxy) is 3. The monoisotopic (exact) mass is 319 g/mol. The Labute approximate surface area is 132 Å². The Morgan fingerprint density at radius 3 is 2.87 bits per heavy atom. The highest BCUT2D eigenvalue weighted by Crippen LogP contribution is 2.78. The molecule has 8 atom stereocenters. The maximum atomic E-state index is 11.9. The van der Waals surface area contributed by atoms with Crippen LogP contribution < -0.4 is 0 Å². The summed E-state index contributed by atoms with van der Waals surface area (Å²) in [5.41, 5.74) is -0.649. The van der Waals surface area contributed by atoms with Crippen LogP contribution in [-0.4, -0.2) is 42.1 Å². The maximum absolute atomic E-state index is 11.9. The van der Waals surface area contributed by atoms with Crippen LogP contribution in [0, 0.1) is 40.4 Å². The van der Waals surface area contributed by atoms with E-state index in [1.165, 1.54) is 6.92 Å². The second kappa shape index (κ2) is 4.56. The fourth-order valence-electron chi connectivity index (χ4n) is 4.93. The van der Waals surface area contributed by atoms with Gasteiger partial charge in [0.2, 0.25) is 0 Å². The minimum absolute atomic E-state index is 0.0757. The molecule has 3 saturated carbocycles. The molecule has 8 unspecified atom stereocenters. The number of nitriles is 1. The van der Waals surface area contributed by atoms with Gasteiger partial charge in [-0.3, -0.25) is 0 Å². The van der Waals surface area contributed by atoms with Crippen molar-refractivity contribution in [2.75, 3.05) is 6.61 Å². The summed E-state index contributed by atoms with van der Waals surface area (Å²) >= 11 is 0. The zero-order chi connectivity index (χ0) is 16.5. The molecule has 23 heavy (non-hydrogen) atoms. The van der Waals surface area contributed by atoms with Gasteiger partial charge in [-0.1, -0.05) is 6.58 Å². The summed E-state index contributed by atoms with van der Waals surface area (Å²) in [6.45, 7) is 4.45. The summed E-state index contributed by atoms with van der Waals surface area (Å²) < 4.78 is 15.8. The number of aliphatic hydroxyl groups excluding tert-OH is 1. The van der Waals surface area contributed by atoms with Gasteiger partial charge in [-0.25, -0.2) is 9.59 Å². The Bertz CT molecular complexity index is 653. The molecular formula is C16H17NO6. The van der Waals surface area contributed by atoms with Gasteiger partial charge >= 0.3 is 11.9 Å². The zero-order valence-electron chi connectivity index (χ0n) is 12.6. The van der Waals surface area contributed by atoms with Crippen molar-refractivity contribution in [3.63, 3.8) is 0 Å². The second-order valence-electron chi connectivity index (χ2n) is 6.96. The molecule has 1 N–H and O–H groups in total. The molecule has 3 aliphatic carbocycles. The first kappa shape index (κ1) is 14.7. The van der Waals surface area contributed by atoms with Crippen LogP contribution in [0.3, 0.4) is 0 Å². The first-order valence-corrected chi connectivity index (χ1v) is 7.67. The van der Waals surface area contributed by atoms with Gasteiger partial charge in [0.25, 0.3) is 0 Å². The number of carbonyl (C=O) groups excluding carboxylic acids is 2. The molecule has 4 rings (SSSR count). The van der Waals surface area contributed by atoms with E-state index in [1.807, 2.05) is 0 Å². The molecule has 4 aliphatic rings. The molecule has 7 nitrogen and oxygen atoms in total. The molecule has 7 heteroatoms. The molecule has 0 aromatic heterocycles. The molecule has 122 valence electrons. The van der Waals surface area contributed by atoms with Crippen molar-refractivity contribution >= 4 is 11.9 Å². The van der Waals surface area contributed by atoms with E-state index in [0.29, 0.717) is 12.3 Å². The molecule has 0 spiro atoms. The third kappa shape index (κ3) is 1.76. The first-order chi connectivity index (χ1) is 10.9. The Kier molecular flexibility index (Phi) is 2.91. The van der Waals surface area contributed by atoms with E-state index in [0.717, 1.165) is 0 Å². The fourth-order valence-corrected chi connectivity index (χ4v) is 4.93. The minimum Gasteiger partial charge on any atom is -0.457 e. The zero-order valence-corrected chi connectivity index (χ0v) is 12.6. The van der Waals surface area contributed by atoms with Crippen LogP contribution in [0.4, 0.5) is 0 Å². The van der Waals surface area contributed by atoms with Crippen LogP contribution in [0.2, 0.25) is 0 Å².